The van der Waals surface area contributed by atoms with Crippen molar-refractivity contribution in [1.82, 2.24) is 19.3 Å². The Morgan fingerprint density at radius 1 is 1.32 bits per heavy atom. The largest absolute Gasteiger partial charge is 0.434 e. The van der Waals surface area contributed by atoms with Crippen molar-refractivity contribution in [3.05, 3.63) is 52.7 Å². The fourth-order valence-corrected chi connectivity index (χ4v) is 2.21. The van der Waals surface area contributed by atoms with Gasteiger partial charge in [0.05, 0.1) is 12.7 Å². The molecule has 0 aliphatic rings. The van der Waals surface area contributed by atoms with E-state index < -0.39 is 6.61 Å². The van der Waals surface area contributed by atoms with Crippen LogP contribution in [0.1, 0.15) is 5.56 Å². The molecule has 0 aliphatic heterocycles. The number of hydrogen-bond acceptors (Lipinski definition) is 4. The first kappa shape index (κ1) is 14.2. The molecule has 0 radical (unpaired) electrons. The van der Waals surface area contributed by atoms with Gasteiger partial charge in [-0.1, -0.05) is 18.2 Å². The van der Waals surface area contributed by atoms with Crippen LogP contribution in [0.4, 0.5) is 8.78 Å². The Kier molecular flexibility index (Phi) is 3.58. The molecule has 0 bridgehead atoms. The lowest BCUT2D eigenvalue weighted by atomic mass is 10.2. The highest BCUT2D eigenvalue weighted by Crippen LogP contribution is 2.21. The van der Waals surface area contributed by atoms with Gasteiger partial charge in [0.15, 0.2) is 5.65 Å². The number of hydrogen-bond donors (Lipinski definition) is 0. The quantitative estimate of drug-likeness (QED) is 0.737. The van der Waals surface area contributed by atoms with Gasteiger partial charge >= 0.3 is 6.61 Å². The lowest BCUT2D eigenvalue weighted by Crippen LogP contribution is -2.21. The van der Waals surface area contributed by atoms with Gasteiger partial charge in [-0.2, -0.15) is 13.9 Å². The number of nitrogens with zero attached hydrogens (tertiary/aromatic N) is 4. The number of benzene rings is 1. The second kappa shape index (κ2) is 5.55. The van der Waals surface area contributed by atoms with Crippen LogP contribution in [0.5, 0.6) is 5.75 Å². The summed E-state index contributed by atoms with van der Waals surface area (Å²) in [5.74, 6) is 0.0377. The molecule has 8 heteroatoms. The predicted molar refractivity (Wildman–Crippen MR) is 74.9 cm³/mol. The third-order valence-electron chi connectivity index (χ3n) is 3.25. The summed E-state index contributed by atoms with van der Waals surface area (Å²) in [7, 11) is 1.69. The highest BCUT2D eigenvalue weighted by molar-refractivity contribution is 5.72. The minimum absolute atomic E-state index is 0.0377. The van der Waals surface area contributed by atoms with Gasteiger partial charge in [-0.25, -0.2) is 4.98 Å². The van der Waals surface area contributed by atoms with Crippen LogP contribution in [-0.4, -0.2) is 25.9 Å². The minimum Gasteiger partial charge on any atom is -0.434 e. The number of para-hydroxylation sites is 1. The maximum Gasteiger partial charge on any atom is 0.387 e. The SMILES string of the molecule is Cn1ncc2c(=O)n(Cc3ccccc3OC(F)F)cnc21. The monoisotopic (exact) mass is 306 g/mol. The summed E-state index contributed by atoms with van der Waals surface area (Å²) in [6.07, 6.45) is 2.80. The van der Waals surface area contributed by atoms with E-state index in [-0.39, 0.29) is 17.9 Å². The van der Waals surface area contributed by atoms with Crippen molar-refractivity contribution in [2.45, 2.75) is 13.2 Å². The molecule has 3 aromatic rings. The summed E-state index contributed by atoms with van der Waals surface area (Å²) in [5.41, 5.74) is 0.651. The van der Waals surface area contributed by atoms with Crippen LogP contribution < -0.4 is 10.3 Å². The van der Waals surface area contributed by atoms with Gasteiger partial charge in [-0.3, -0.25) is 14.0 Å². The van der Waals surface area contributed by atoms with Crippen LogP contribution in [0.25, 0.3) is 11.0 Å². The number of fused-ring (bicyclic) bond motifs is 1. The van der Waals surface area contributed by atoms with Crippen LogP contribution in [0.15, 0.2) is 41.6 Å². The molecule has 22 heavy (non-hydrogen) atoms. The van der Waals surface area contributed by atoms with Crippen molar-refractivity contribution < 1.29 is 13.5 Å². The van der Waals surface area contributed by atoms with Gasteiger partial charge < -0.3 is 4.74 Å². The molecule has 0 amide bonds. The smallest absolute Gasteiger partial charge is 0.387 e. The summed E-state index contributed by atoms with van der Waals surface area (Å²) in [4.78, 5) is 16.5. The summed E-state index contributed by atoms with van der Waals surface area (Å²) in [6, 6.07) is 6.33. The summed E-state index contributed by atoms with van der Waals surface area (Å²) >= 11 is 0. The fraction of sp³-hybridized carbons (Fsp3) is 0.214. The molecule has 2 aromatic heterocycles. The van der Waals surface area contributed by atoms with E-state index in [0.717, 1.165) is 0 Å². The number of alkyl halides is 2. The maximum atomic E-state index is 12.4. The number of ether oxygens (including phenoxy) is 1. The highest BCUT2D eigenvalue weighted by Gasteiger charge is 2.12. The van der Waals surface area contributed by atoms with Crippen LogP contribution in [0.3, 0.4) is 0 Å². The van der Waals surface area contributed by atoms with Crippen LogP contribution in [-0.2, 0) is 13.6 Å². The maximum absolute atomic E-state index is 12.4. The standard InChI is InChI=1S/C14H12F2N4O2/c1-19-12-10(6-18-19)13(21)20(8-17-12)7-9-4-2-3-5-11(9)22-14(15)16/h2-6,8,14H,7H2,1H3. The molecule has 0 fully saturated rings. The van der Waals surface area contributed by atoms with E-state index in [1.807, 2.05) is 0 Å². The van der Waals surface area contributed by atoms with Gasteiger partial charge in [-0.05, 0) is 6.07 Å². The van der Waals surface area contributed by atoms with Crippen molar-refractivity contribution in [3.63, 3.8) is 0 Å². The molecule has 0 aliphatic carbocycles. The molecule has 0 atom stereocenters. The summed E-state index contributed by atoms with van der Waals surface area (Å²) < 4.78 is 32.1. The number of aryl methyl sites for hydroxylation is 1. The normalized spacial score (nSPS) is 11.3. The summed E-state index contributed by atoms with van der Waals surface area (Å²) in [6.45, 7) is -2.84. The molecule has 0 saturated heterocycles. The third kappa shape index (κ3) is 2.54. The zero-order chi connectivity index (χ0) is 15.7. The van der Waals surface area contributed by atoms with Crippen LogP contribution in [0.2, 0.25) is 0 Å². The Labute approximate surface area is 123 Å². The van der Waals surface area contributed by atoms with Crippen molar-refractivity contribution in [1.29, 1.82) is 0 Å². The van der Waals surface area contributed by atoms with E-state index in [1.54, 1.807) is 25.2 Å². The average molecular weight is 306 g/mol. The summed E-state index contributed by atoms with van der Waals surface area (Å²) in [5, 5.41) is 4.35. The molecule has 1 aromatic carbocycles. The second-order valence-electron chi connectivity index (χ2n) is 4.67. The third-order valence-corrected chi connectivity index (χ3v) is 3.25. The van der Waals surface area contributed by atoms with Gasteiger partial charge in [0.1, 0.15) is 17.5 Å². The Balaban J connectivity index is 2.00. The van der Waals surface area contributed by atoms with Crippen LogP contribution in [0, 0.1) is 0 Å². The topological polar surface area (TPSA) is 61.9 Å². The zero-order valence-electron chi connectivity index (χ0n) is 11.6. The molecular formula is C14H12F2N4O2. The first-order chi connectivity index (χ1) is 10.6. The highest BCUT2D eigenvalue weighted by atomic mass is 19.3. The van der Waals surface area contributed by atoms with Crippen molar-refractivity contribution in [2.24, 2.45) is 7.05 Å². The zero-order valence-corrected chi connectivity index (χ0v) is 11.6. The molecule has 3 rings (SSSR count). The van der Waals surface area contributed by atoms with Gasteiger partial charge in [-0.15, -0.1) is 0 Å². The van der Waals surface area contributed by atoms with E-state index in [4.69, 9.17) is 0 Å². The fourth-order valence-electron chi connectivity index (χ4n) is 2.21. The Morgan fingerprint density at radius 2 is 2.09 bits per heavy atom. The number of aromatic nitrogens is 4. The van der Waals surface area contributed by atoms with Gasteiger partial charge in [0, 0.05) is 12.6 Å². The number of rotatable bonds is 4. The molecule has 0 spiro atoms. The van der Waals surface area contributed by atoms with E-state index in [2.05, 4.69) is 14.8 Å². The Hall–Kier alpha value is -2.77. The first-order valence-corrected chi connectivity index (χ1v) is 6.46. The van der Waals surface area contributed by atoms with E-state index >= 15 is 0 Å². The van der Waals surface area contributed by atoms with Gasteiger partial charge in [0.2, 0.25) is 0 Å². The van der Waals surface area contributed by atoms with Crippen LogP contribution >= 0.6 is 0 Å². The van der Waals surface area contributed by atoms with E-state index in [0.29, 0.717) is 16.6 Å². The van der Waals surface area contributed by atoms with Crippen molar-refractivity contribution in [2.75, 3.05) is 0 Å². The predicted octanol–water partition coefficient (Wildman–Crippen LogP) is 1.78. The lowest BCUT2D eigenvalue weighted by Gasteiger charge is -2.11. The molecule has 2 heterocycles. The molecule has 0 N–H and O–H groups in total. The Bertz CT molecular complexity index is 873. The van der Waals surface area contributed by atoms with E-state index in [1.165, 1.54) is 27.8 Å². The molecule has 114 valence electrons. The van der Waals surface area contributed by atoms with E-state index in [9.17, 15) is 13.6 Å². The van der Waals surface area contributed by atoms with Gasteiger partial charge in [0.25, 0.3) is 5.56 Å². The molecular weight excluding hydrogens is 294 g/mol. The molecule has 6 nitrogen and oxygen atoms in total. The molecule has 0 unspecified atom stereocenters. The Morgan fingerprint density at radius 3 is 2.86 bits per heavy atom. The molecule has 0 saturated carbocycles. The first-order valence-electron chi connectivity index (χ1n) is 6.46. The average Bonchev–Trinajstić information content (AvgIpc) is 2.85. The van der Waals surface area contributed by atoms with Crippen molar-refractivity contribution >= 4 is 11.0 Å². The lowest BCUT2D eigenvalue weighted by molar-refractivity contribution is -0.0504. The number of halogens is 2. The van der Waals surface area contributed by atoms with Crippen molar-refractivity contribution in [3.8, 4) is 5.75 Å². The minimum atomic E-state index is -2.92. The second-order valence-corrected chi connectivity index (χ2v) is 4.67.